The van der Waals surface area contributed by atoms with E-state index in [1.165, 1.54) is 11.3 Å². The average Bonchev–Trinajstić information content (AvgIpc) is 3.08. The van der Waals surface area contributed by atoms with Crippen LogP contribution in [0.1, 0.15) is 12.5 Å². The van der Waals surface area contributed by atoms with Crippen molar-refractivity contribution in [1.29, 1.82) is 0 Å². The summed E-state index contributed by atoms with van der Waals surface area (Å²) in [6.07, 6.45) is 1.79. The average molecular weight is 338 g/mol. The Kier molecular flexibility index (Phi) is 3.46. The zero-order valence-corrected chi connectivity index (χ0v) is 13.7. The number of nitrogens with zero attached hydrogens (tertiary/aromatic N) is 2. The highest BCUT2D eigenvalue weighted by molar-refractivity contribution is 7.15. The van der Waals surface area contributed by atoms with Crippen molar-refractivity contribution in [2.24, 2.45) is 0 Å². The zero-order chi connectivity index (χ0) is 16.7. The van der Waals surface area contributed by atoms with Crippen LogP contribution in [0.25, 0.3) is 22.1 Å². The number of imidazole rings is 1. The predicted octanol–water partition coefficient (Wildman–Crippen LogP) is 2.56. The van der Waals surface area contributed by atoms with Crippen LogP contribution in [0.5, 0.6) is 11.5 Å². The Hall–Kier alpha value is -2.86. The van der Waals surface area contributed by atoms with E-state index in [0.29, 0.717) is 21.8 Å². The Bertz CT molecular complexity index is 1160. The first-order valence-electron chi connectivity index (χ1n) is 7.55. The van der Waals surface area contributed by atoms with Gasteiger partial charge in [0.25, 0.3) is 5.56 Å². The normalized spacial score (nSPS) is 12.3. The number of benzene rings is 2. The summed E-state index contributed by atoms with van der Waals surface area (Å²) in [6.45, 7) is 2.31. The topological polar surface area (TPSA) is 63.8 Å². The van der Waals surface area contributed by atoms with Crippen LogP contribution in [0.15, 0.2) is 47.3 Å². The lowest BCUT2D eigenvalue weighted by atomic mass is 10.2. The van der Waals surface area contributed by atoms with Gasteiger partial charge < -0.3 is 9.84 Å². The summed E-state index contributed by atoms with van der Waals surface area (Å²) in [7, 11) is 0. The van der Waals surface area contributed by atoms with Gasteiger partial charge in [0.05, 0.1) is 22.2 Å². The van der Waals surface area contributed by atoms with Gasteiger partial charge in [0.15, 0.2) is 16.5 Å². The number of rotatable bonds is 3. The summed E-state index contributed by atoms with van der Waals surface area (Å²) in [6, 6.07) is 12.6. The molecular formula is C18H14N2O3S. The molecule has 24 heavy (non-hydrogen) atoms. The number of ether oxygens (including phenoxy) is 1. The predicted molar refractivity (Wildman–Crippen MR) is 94.9 cm³/mol. The molecule has 5 nitrogen and oxygen atoms in total. The molecule has 0 unspecified atom stereocenters. The standard InChI is InChI=1S/C18H14N2O3S/c1-2-23-15-9-11(7-8-14(15)21)10-16-17(22)20-13-6-4-3-5-12(13)19-18(20)24-16/h3-10,21H,2H2,1H3/b16-10+. The molecule has 0 saturated carbocycles. The first-order chi connectivity index (χ1) is 11.7. The number of para-hydroxylation sites is 2. The van der Waals surface area contributed by atoms with Crippen LogP contribution >= 0.6 is 11.3 Å². The molecule has 0 amide bonds. The maximum atomic E-state index is 12.7. The molecule has 0 fully saturated rings. The van der Waals surface area contributed by atoms with Crippen molar-refractivity contribution in [2.75, 3.05) is 6.61 Å². The molecular weight excluding hydrogens is 324 g/mol. The van der Waals surface area contributed by atoms with Crippen LogP contribution in [0.4, 0.5) is 0 Å². The first-order valence-corrected chi connectivity index (χ1v) is 8.36. The Balaban J connectivity index is 1.90. The van der Waals surface area contributed by atoms with E-state index in [1.54, 1.807) is 28.7 Å². The maximum absolute atomic E-state index is 12.7. The highest BCUT2D eigenvalue weighted by Crippen LogP contribution is 2.27. The minimum absolute atomic E-state index is 0.0864. The third-order valence-electron chi connectivity index (χ3n) is 3.73. The van der Waals surface area contributed by atoms with Gasteiger partial charge in [-0.2, -0.15) is 0 Å². The fourth-order valence-corrected chi connectivity index (χ4v) is 3.64. The number of aromatic nitrogens is 2. The van der Waals surface area contributed by atoms with Gasteiger partial charge in [-0.25, -0.2) is 9.38 Å². The molecule has 0 spiro atoms. The molecule has 4 rings (SSSR count). The number of phenolic OH excluding ortho intramolecular Hbond substituents is 1. The molecule has 0 radical (unpaired) electrons. The zero-order valence-electron chi connectivity index (χ0n) is 12.9. The molecule has 6 heteroatoms. The SMILES string of the molecule is CCOc1cc(/C=c2/sc3nc4ccccc4n3c2=O)ccc1O. The van der Waals surface area contributed by atoms with E-state index in [-0.39, 0.29) is 11.3 Å². The third kappa shape index (κ3) is 2.32. The van der Waals surface area contributed by atoms with E-state index < -0.39 is 0 Å². The van der Waals surface area contributed by atoms with Crippen molar-refractivity contribution in [3.8, 4) is 11.5 Å². The van der Waals surface area contributed by atoms with Crippen molar-refractivity contribution in [3.63, 3.8) is 0 Å². The van der Waals surface area contributed by atoms with Gasteiger partial charge in [-0.1, -0.05) is 29.5 Å². The summed E-state index contributed by atoms with van der Waals surface area (Å²) in [5, 5.41) is 9.77. The number of phenols is 1. The molecule has 0 bridgehead atoms. The number of hydrogen-bond donors (Lipinski definition) is 1. The van der Waals surface area contributed by atoms with Crippen LogP contribution in [0.3, 0.4) is 0 Å². The lowest BCUT2D eigenvalue weighted by Crippen LogP contribution is -2.22. The van der Waals surface area contributed by atoms with Gasteiger partial charge in [-0.15, -0.1) is 0 Å². The molecule has 2 aromatic heterocycles. The highest BCUT2D eigenvalue weighted by Gasteiger charge is 2.10. The van der Waals surface area contributed by atoms with Crippen LogP contribution in [0.2, 0.25) is 0 Å². The van der Waals surface area contributed by atoms with Crippen molar-refractivity contribution < 1.29 is 9.84 Å². The molecule has 2 aromatic carbocycles. The second-order valence-electron chi connectivity index (χ2n) is 5.29. The van der Waals surface area contributed by atoms with E-state index in [1.807, 2.05) is 31.2 Å². The maximum Gasteiger partial charge on any atom is 0.274 e. The van der Waals surface area contributed by atoms with Gasteiger partial charge in [0.2, 0.25) is 0 Å². The highest BCUT2D eigenvalue weighted by atomic mass is 32.1. The van der Waals surface area contributed by atoms with E-state index in [2.05, 4.69) is 4.98 Å². The van der Waals surface area contributed by atoms with Crippen molar-refractivity contribution in [1.82, 2.24) is 9.38 Å². The van der Waals surface area contributed by atoms with Gasteiger partial charge in [-0.05, 0) is 42.8 Å². The smallest absolute Gasteiger partial charge is 0.274 e. The Morgan fingerprint density at radius 1 is 1.29 bits per heavy atom. The lowest BCUT2D eigenvalue weighted by molar-refractivity contribution is 0.318. The van der Waals surface area contributed by atoms with Gasteiger partial charge in [-0.3, -0.25) is 4.79 Å². The van der Waals surface area contributed by atoms with Crippen LogP contribution < -0.4 is 14.8 Å². The largest absolute Gasteiger partial charge is 0.504 e. The fraction of sp³-hybridized carbons (Fsp3) is 0.111. The molecule has 2 heterocycles. The number of fused-ring (bicyclic) bond motifs is 3. The summed E-state index contributed by atoms with van der Waals surface area (Å²) in [4.78, 5) is 17.9. The summed E-state index contributed by atoms with van der Waals surface area (Å²) in [5.41, 5.74) is 2.33. The lowest BCUT2D eigenvalue weighted by Gasteiger charge is -2.05. The van der Waals surface area contributed by atoms with E-state index in [9.17, 15) is 9.90 Å². The minimum Gasteiger partial charge on any atom is -0.504 e. The number of thiazole rings is 1. The van der Waals surface area contributed by atoms with Gasteiger partial charge in [0.1, 0.15) is 0 Å². The van der Waals surface area contributed by atoms with Gasteiger partial charge >= 0.3 is 0 Å². The molecule has 4 aromatic rings. The first kappa shape index (κ1) is 14.7. The van der Waals surface area contributed by atoms with E-state index in [4.69, 9.17) is 4.74 Å². The third-order valence-corrected chi connectivity index (χ3v) is 4.70. The molecule has 0 saturated heterocycles. The number of aromatic hydroxyl groups is 1. The summed E-state index contributed by atoms with van der Waals surface area (Å²) in [5.74, 6) is 0.494. The van der Waals surface area contributed by atoms with E-state index >= 15 is 0 Å². The molecule has 1 N–H and O–H groups in total. The van der Waals surface area contributed by atoms with Crippen LogP contribution in [-0.2, 0) is 0 Å². The molecule has 0 aliphatic rings. The van der Waals surface area contributed by atoms with E-state index in [0.717, 1.165) is 16.6 Å². The van der Waals surface area contributed by atoms with Crippen LogP contribution in [-0.4, -0.2) is 21.1 Å². The Morgan fingerprint density at radius 2 is 2.12 bits per heavy atom. The van der Waals surface area contributed by atoms with Gasteiger partial charge in [0, 0.05) is 0 Å². The quantitative estimate of drug-likeness (QED) is 0.623. The van der Waals surface area contributed by atoms with Crippen molar-refractivity contribution in [2.45, 2.75) is 6.92 Å². The molecule has 0 atom stereocenters. The van der Waals surface area contributed by atoms with Crippen molar-refractivity contribution in [3.05, 3.63) is 62.9 Å². The Labute approximate surface area is 141 Å². The fourth-order valence-electron chi connectivity index (χ4n) is 2.65. The Morgan fingerprint density at radius 3 is 2.96 bits per heavy atom. The minimum atomic E-state index is -0.0882. The monoisotopic (exact) mass is 338 g/mol. The van der Waals surface area contributed by atoms with Crippen molar-refractivity contribution >= 4 is 33.4 Å². The summed E-state index contributed by atoms with van der Waals surface area (Å²) < 4.78 is 7.61. The number of hydrogen-bond acceptors (Lipinski definition) is 5. The second kappa shape index (κ2) is 5.65. The van der Waals surface area contributed by atoms with Crippen LogP contribution in [0, 0.1) is 0 Å². The molecule has 120 valence electrons. The molecule has 0 aliphatic heterocycles. The molecule has 0 aliphatic carbocycles. The summed E-state index contributed by atoms with van der Waals surface area (Å²) >= 11 is 1.35. The second-order valence-corrected chi connectivity index (χ2v) is 6.30.